The van der Waals surface area contributed by atoms with Crippen molar-refractivity contribution in [2.45, 2.75) is 0 Å². The molecule has 1 aromatic heterocycles. The number of hydrogen-bond acceptors (Lipinski definition) is 4. The van der Waals surface area contributed by atoms with Gasteiger partial charge in [-0.05, 0) is 23.8 Å². The van der Waals surface area contributed by atoms with Crippen LogP contribution < -0.4 is 0 Å². The highest BCUT2D eigenvalue weighted by molar-refractivity contribution is 5.99. The van der Waals surface area contributed by atoms with Gasteiger partial charge in [0.15, 0.2) is 0 Å². The Morgan fingerprint density at radius 3 is 2.50 bits per heavy atom. The lowest BCUT2D eigenvalue weighted by atomic mass is 10.2. The molecule has 0 fully saturated rings. The Labute approximate surface area is 126 Å². The minimum Gasteiger partial charge on any atom is -0.361 e. The van der Waals surface area contributed by atoms with E-state index in [2.05, 4.69) is 15.2 Å². The highest BCUT2D eigenvalue weighted by atomic mass is 16.6. The third kappa shape index (κ3) is 2.90. The molecule has 0 amide bonds. The third-order valence-corrected chi connectivity index (χ3v) is 3.20. The molecule has 22 heavy (non-hydrogen) atoms. The van der Waals surface area contributed by atoms with Crippen molar-refractivity contribution in [3.05, 3.63) is 76.0 Å². The van der Waals surface area contributed by atoms with Gasteiger partial charge in [-0.3, -0.25) is 10.1 Å². The number of rotatable bonds is 4. The minimum absolute atomic E-state index is 0.0550. The molecule has 1 N–H and O–H groups in total. The summed E-state index contributed by atoms with van der Waals surface area (Å²) in [5.74, 6) is 0. The second-order valence-corrected chi connectivity index (χ2v) is 4.63. The molecule has 0 radical (unpaired) electrons. The lowest BCUT2D eigenvalue weighted by molar-refractivity contribution is -0.384. The van der Waals surface area contributed by atoms with E-state index in [1.165, 1.54) is 12.1 Å². The van der Waals surface area contributed by atoms with Gasteiger partial charge < -0.3 is 4.98 Å². The monoisotopic (exact) mass is 292 g/mol. The van der Waals surface area contributed by atoms with Gasteiger partial charge in [0.2, 0.25) is 0 Å². The summed E-state index contributed by atoms with van der Waals surface area (Å²) in [6.07, 6.45) is 5.09. The summed E-state index contributed by atoms with van der Waals surface area (Å²) < 4.78 is 0. The van der Waals surface area contributed by atoms with Crippen molar-refractivity contribution in [3.63, 3.8) is 0 Å². The number of aromatic nitrogens is 1. The first-order valence-corrected chi connectivity index (χ1v) is 6.61. The van der Waals surface area contributed by atoms with Crippen LogP contribution in [0.25, 0.3) is 10.9 Å². The van der Waals surface area contributed by atoms with E-state index < -0.39 is 4.92 Å². The number of fused-ring (bicyclic) bond motifs is 1. The zero-order chi connectivity index (χ0) is 15.4. The van der Waals surface area contributed by atoms with E-state index >= 15 is 0 Å². The SMILES string of the molecule is O=[N+]([O-])c1ccc(/C=N\N=C/c2c[nH]c3ccccc23)cc1. The van der Waals surface area contributed by atoms with E-state index in [4.69, 9.17) is 0 Å². The largest absolute Gasteiger partial charge is 0.361 e. The van der Waals surface area contributed by atoms with Crippen LogP contribution in [-0.2, 0) is 0 Å². The smallest absolute Gasteiger partial charge is 0.269 e. The highest BCUT2D eigenvalue weighted by Gasteiger charge is 2.02. The number of aromatic amines is 1. The van der Waals surface area contributed by atoms with Crippen LogP contribution in [0.1, 0.15) is 11.1 Å². The molecule has 0 aliphatic heterocycles. The van der Waals surface area contributed by atoms with Crippen LogP contribution in [0.15, 0.2) is 64.9 Å². The lowest BCUT2D eigenvalue weighted by Crippen LogP contribution is -1.88. The number of non-ortho nitro benzene ring substituents is 1. The van der Waals surface area contributed by atoms with Crippen molar-refractivity contribution in [1.82, 2.24) is 4.98 Å². The second kappa shape index (κ2) is 6.01. The first-order chi connectivity index (χ1) is 10.7. The number of benzene rings is 2. The first-order valence-electron chi connectivity index (χ1n) is 6.61. The Bertz CT molecular complexity index is 863. The molecule has 0 saturated heterocycles. The molecule has 6 heteroatoms. The number of hydrogen-bond donors (Lipinski definition) is 1. The van der Waals surface area contributed by atoms with Crippen molar-refractivity contribution in [3.8, 4) is 0 Å². The predicted molar refractivity (Wildman–Crippen MR) is 86.6 cm³/mol. The number of nitrogens with one attached hydrogen (secondary N) is 1. The number of nitro groups is 1. The van der Waals surface area contributed by atoms with E-state index in [9.17, 15) is 10.1 Å². The van der Waals surface area contributed by atoms with E-state index in [1.807, 2.05) is 30.5 Å². The molecular formula is C16H12N4O2. The molecule has 0 bridgehead atoms. The van der Waals surface area contributed by atoms with Crippen LogP contribution in [0, 0.1) is 10.1 Å². The van der Waals surface area contributed by atoms with Crippen LogP contribution in [0.5, 0.6) is 0 Å². The Balaban J connectivity index is 1.72. The Hall–Kier alpha value is -3.28. The maximum atomic E-state index is 10.6. The maximum Gasteiger partial charge on any atom is 0.269 e. The summed E-state index contributed by atoms with van der Waals surface area (Å²) in [5.41, 5.74) is 2.81. The topological polar surface area (TPSA) is 83.7 Å². The lowest BCUT2D eigenvalue weighted by Gasteiger charge is -1.92. The normalized spacial score (nSPS) is 11.6. The molecule has 3 rings (SSSR count). The van der Waals surface area contributed by atoms with Gasteiger partial charge in [-0.2, -0.15) is 10.2 Å². The maximum absolute atomic E-state index is 10.6. The molecule has 6 nitrogen and oxygen atoms in total. The average Bonchev–Trinajstić information content (AvgIpc) is 2.95. The summed E-state index contributed by atoms with van der Waals surface area (Å²) in [5, 5.41) is 19.6. The molecule has 108 valence electrons. The summed E-state index contributed by atoms with van der Waals surface area (Å²) in [7, 11) is 0. The standard InChI is InChI=1S/C16H12N4O2/c21-20(22)14-7-5-12(6-8-14)9-18-19-11-13-10-17-16-4-2-1-3-15(13)16/h1-11,17H/b18-9-,19-11-. The minimum atomic E-state index is -0.434. The van der Waals surface area contributed by atoms with Crippen LogP contribution in [0.2, 0.25) is 0 Å². The van der Waals surface area contributed by atoms with Gasteiger partial charge in [0.25, 0.3) is 5.69 Å². The van der Waals surface area contributed by atoms with Gasteiger partial charge in [-0.15, -0.1) is 0 Å². The zero-order valence-corrected chi connectivity index (χ0v) is 11.5. The van der Waals surface area contributed by atoms with Crippen LogP contribution >= 0.6 is 0 Å². The molecule has 0 atom stereocenters. The van der Waals surface area contributed by atoms with E-state index in [-0.39, 0.29) is 5.69 Å². The fraction of sp³-hybridized carbons (Fsp3) is 0. The molecule has 0 aliphatic carbocycles. The molecular weight excluding hydrogens is 280 g/mol. The molecule has 0 unspecified atom stereocenters. The van der Waals surface area contributed by atoms with Gasteiger partial charge in [0.1, 0.15) is 0 Å². The Morgan fingerprint density at radius 2 is 1.73 bits per heavy atom. The van der Waals surface area contributed by atoms with E-state index in [0.29, 0.717) is 0 Å². The second-order valence-electron chi connectivity index (χ2n) is 4.63. The molecule has 0 spiro atoms. The molecule has 1 heterocycles. The predicted octanol–water partition coefficient (Wildman–Crippen LogP) is 3.53. The van der Waals surface area contributed by atoms with E-state index in [1.54, 1.807) is 24.6 Å². The van der Waals surface area contributed by atoms with Crippen molar-refractivity contribution in [2.24, 2.45) is 10.2 Å². The van der Waals surface area contributed by atoms with Crippen molar-refractivity contribution < 1.29 is 4.92 Å². The van der Waals surface area contributed by atoms with Crippen molar-refractivity contribution >= 4 is 29.0 Å². The fourth-order valence-corrected chi connectivity index (χ4v) is 2.08. The summed E-state index contributed by atoms with van der Waals surface area (Å²) in [4.78, 5) is 13.3. The van der Waals surface area contributed by atoms with Gasteiger partial charge in [-0.25, -0.2) is 0 Å². The summed E-state index contributed by atoms with van der Waals surface area (Å²) in [6.45, 7) is 0. The fourth-order valence-electron chi connectivity index (χ4n) is 2.08. The number of nitro benzene ring substituents is 1. The highest BCUT2D eigenvalue weighted by Crippen LogP contribution is 2.15. The van der Waals surface area contributed by atoms with Gasteiger partial charge in [-0.1, -0.05) is 18.2 Å². The van der Waals surface area contributed by atoms with Gasteiger partial charge >= 0.3 is 0 Å². The number of H-pyrrole nitrogens is 1. The zero-order valence-electron chi connectivity index (χ0n) is 11.5. The average molecular weight is 292 g/mol. The van der Waals surface area contributed by atoms with Crippen LogP contribution in [0.4, 0.5) is 5.69 Å². The number of nitrogens with zero attached hydrogens (tertiary/aromatic N) is 3. The number of para-hydroxylation sites is 1. The van der Waals surface area contributed by atoms with Crippen molar-refractivity contribution in [1.29, 1.82) is 0 Å². The van der Waals surface area contributed by atoms with E-state index in [0.717, 1.165) is 22.0 Å². The van der Waals surface area contributed by atoms with Gasteiger partial charge in [0, 0.05) is 34.8 Å². The molecule has 0 aliphatic rings. The van der Waals surface area contributed by atoms with Crippen LogP contribution in [0.3, 0.4) is 0 Å². The quantitative estimate of drug-likeness (QED) is 0.453. The Kier molecular flexibility index (Phi) is 3.74. The van der Waals surface area contributed by atoms with Crippen LogP contribution in [-0.4, -0.2) is 22.3 Å². The summed E-state index contributed by atoms with van der Waals surface area (Å²) >= 11 is 0. The molecule has 3 aromatic rings. The Morgan fingerprint density at radius 1 is 1.00 bits per heavy atom. The third-order valence-electron chi connectivity index (χ3n) is 3.20. The van der Waals surface area contributed by atoms with Gasteiger partial charge in [0.05, 0.1) is 17.4 Å². The van der Waals surface area contributed by atoms with Crippen molar-refractivity contribution in [2.75, 3.05) is 0 Å². The first kappa shape index (κ1) is 13.7. The summed E-state index contributed by atoms with van der Waals surface area (Å²) in [6, 6.07) is 14.1. The molecule has 0 saturated carbocycles. The molecule has 2 aromatic carbocycles.